The average molecular weight is 480 g/mol. The van der Waals surface area contributed by atoms with E-state index in [0.717, 1.165) is 0 Å². The second-order valence-corrected chi connectivity index (χ2v) is 9.54. The Hall–Kier alpha value is -3.18. The monoisotopic (exact) mass is 479 g/mol. The highest BCUT2D eigenvalue weighted by atomic mass is 32.2. The number of sulfonamides is 1. The lowest BCUT2D eigenvalue weighted by Crippen LogP contribution is -2.23. The fraction of sp³-hybridized carbons (Fsp3) is 0.143. The molecule has 7 nitrogen and oxygen atoms in total. The van der Waals surface area contributed by atoms with Crippen LogP contribution in [-0.4, -0.2) is 25.1 Å². The lowest BCUT2D eigenvalue weighted by atomic mass is 10.2. The highest BCUT2D eigenvalue weighted by Crippen LogP contribution is 2.28. The summed E-state index contributed by atoms with van der Waals surface area (Å²) in [4.78, 5) is 27.2. The molecule has 32 heavy (non-hydrogen) atoms. The van der Waals surface area contributed by atoms with Crippen molar-refractivity contribution in [3.63, 3.8) is 0 Å². The number of alkyl halides is 2. The first kappa shape index (κ1) is 23.5. The van der Waals surface area contributed by atoms with E-state index in [1.165, 1.54) is 48.5 Å². The molecule has 0 atom stereocenters. The Labute approximate surface area is 187 Å². The van der Waals surface area contributed by atoms with Gasteiger partial charge in [-0.05, 0) is 67.9 Å². The lowest BCUT2D eigenvalue weighted by molar-refractivity contribution is 0.102. The van der Waals surface area contributed by atoms with Crippen molar-refractivity contribution in [2.24, 2.45) is 0 Å². The van der Waals surface area contributed by atoms with Gasteiger partial charge in [-0.1, -0.05) is 17.8 Å². The third kappa shape index (κ3) is 5.74. The Kier molecular flexibility index (Phi) is 6.99. The van der Waals surface area contributed by atoms with E-state index in [4.69, 9.17) is 0 Å². The highest BCUT2D eigenvalue weighted by Gasteiger charge is 2.19. The number of thioether (sulfide) groups is 1. The minimum atomic E-state index is -4.04. The maximum Gasteiger partial charge on any atom is 0.288 e. The molecule has 0 unspecified atom stereocenters. The Morgan fingerprint density at radius 3 is 2.28 bits per heavy atom. The summed E-state index contributed by atoms with van der Waals surface area (Å²) < 4.78 is 53.0. The van der Waals surface area contributed by atoms with Crippen molar-refractivity contribution in [2.45, 2.75) is 29.4 Å². The summed E-state index contributed by atoms with van der Waals surface area (Å²) >= 11 is 0.356. The van der Waals surface area contributed by atoms with Crippen LogP contribution < -0.4 is 15.6 Å². The van der Waals surface area contributed by atoms with Crippen molar-refractivity contribution in [2.75, 3.05) is 10.0 Å². The van der Waals surface area contributed by atoms with E-state index in [0.29, 0.717) is 27.9 Å². The molecule has 0 aliphatic heterocycles. The van der Waals surface area contributed by atoms with Crippen molar-refractivity contribution < 1.29 is 22.0 Å². The standard InChI is InChI=1S/C21H19F2N3O4S2/c1-12-3-5-15(25-20(28)17-10-4-13(2)24-19(17)27)11-18(12)32(29,30)26-14-6-8-16(9-7-14)31-21(22)23/h3-11,21,26H,1-2H3,(H,24,27)(H,25,28). The van der Waals surface area contributed by atoms with Gasteiger partial charge >= 0.3 is 0 Å². The summed E-state index contributed by atoms with van der Waals surface area (Å²) in [5.74, 6) is -3.26. The number of aryl methyl sites for hydroxylation is 2. The zero-order valence-electron chi connectivity index (χ0n) is 17.0. The fourth-order valence-corrected chi connectivity index (χ4v) is 4.66. The van der Waals surface area contributed by atoms with E-state index in [2.05, 4.69) is 15.0 Å². The number of pyridine rings is 1. The molecule has 0 aliphatic carbocycles. The van der Waals surface area contributed by atoms with Crippen molar-refractivity contribution in [3.8, 4) is 0 Å². The van der Waals surface area contributed by atoms with Gasteiger partial charge in [0.15, 0.2) is 0 Å². The molecule has 3 rings (SSSR count). The third-order valence-electron chi connectivity index (χ3n) is 4.37. The van der Waals surface area contributed by atoms with Crippen LogP contribution in [0.15, 0.2) is 69.2 Å². The van der Waals surface area contributed by atoms with Crippen LogP contribution in [0.3, 0.4) is 0 Å². The number of nitrogens with one attached hydrogen (secondary N) is 3. The summed E-state index contributed by atoms with van der Waals surface area (Å²) in [5, 5.41) is 2.52. The molecule has 0 bridgehead atoms. The summed E-state index contributed by atoms with van der Waals surface area (Å²) in [6.07, 6.45) is 0. The number of anilines is 2. The van der Waals surface area contributed by atoms with Gasteiger partial charge in [0.05, 0.1) is 4.90 Å². The average Bonchev–Trinajstić information content (AvgIpc) is 2.70. The predicted molar refractivity (Wildman–Crippen MR) is 120 cm³/mol. The Morgan fingerprint density at radius 1 is 1.00 bits per heavy atom. The first-order chi connectivity index (χ1) is 15.0. The van der Waals surface area contributed by atoms with Crippen molar-refractivity contribution in [1.29, 1.82) is 0 Å². The number of hydrogen-bond donors (Lipinski definition) is 3. The maximum absolute atomic E-state index is 12.9. The van der Waals surface area contributed by atoms with Crippen molar-refractivity contribution in [3.05, 3.63) is 81.8 Å². The predicted octanol–water partition coefficient (Wildman–Crippen LogP) is 4.36. The Balaban J connectivity index is 1.82. The summed E-state index contributed by atoms with van der Waals surface area (Å²) in [6.45, 7) is 3.27. The van der Waals surface area contributed by atoms with Crippen LogP contribution in [0.4, 0.5) is 20.2 Å². The van der Waals surface area contributed by atoms with Gasteiger partial charge in [-0.2, -0.15) is 8.78 Å². The molecule has 3 aromatic rings. The van der Waals surface area contributed by atoms with Crippen molar-refractivity contribution in [1.82, 2.24) is 4.98 Å². The van der Waals surface area contributed by atoms with Gasteiger partial charge in [0.1, 0.15) is 5.56 Å². The van der Waals surface area contributed by atoms with Crippen LogP contribution in [0.1, 0.15) is 21.6 Å². The van der Waals surface area contributed by atoms with Crippen LogP contribution in [0, 0.1) is 13.8 Å². The topological polar surface area (TPSA) is 108 Å². The minimum absolute atomic E-state index is 0.0841. The fourth-order valence-electron chi connectivity index (χ4n) is 2.83. The summed E-state index contributed by atoms with van der Waals surface area (Å²) in [5.41, 5.74) is 0.738. The number of carbonyl (C=O) groups is 1. The minimum Gasteiger partial charge on any atom is -0.326 e. The van der Waals surface area contributed by atoms with Gasteiger partial charge in [-0.15, -0.1) is 0 Å². The molecular weight excluding hydrogens is 460 g/mol. The van der Waals surface area contributed by atoms with Gasteiger partial charge in [-0.3, -0.25) is 14.3 Å². The quantitative estimate of drug-likeness (QED) is 0.437. The molecule has 1 aromatic heterocycles. The molecule has 3 N–H and O–H groups in total. The second-order valence-electron chi connectivity index (χ2n) is 6.83. The van der Waals surface area contributed by atoms with E-state index < -0.39 is 27.2 Å². The molecule has 168 valence electrons. The Bertz CT molecular complexity index is 1310. The number of rotatable bonds is 7. The van der Waals surface area contributed by atoms with Crippen LogP contribution in [-0.2, 0) is 10.0 Å². The normalized spacial score (nSPS) is 11.4. The number of benzene rings is 2. The molecule has 11 heteroatoms. The number of amides is 1. The van der Waals surface area contributed by atoms with Gasteiger partial charge in [0, 0.05) is 22.0 Å². The highest BCUT2D eigenvalue weighted by molar-refractivity contribution is 7.99. The molecule has 2 aromatic carbocycles. The smallest absolute Gasteiger partial charge is 0.288 e. The Morgan fingerprint density at radius 2 is 1.66 bits per heavy atom. The molecule has 0 spiro atoms. The van der Waals surface area contributed by atoms with Gasteiger partial charge in [-0.25, -0.2) is 8.42 Å². The van der Waals surface area contributed by atoms with E-state index >= 15 is 0 Å². The molecule has 0 saturated carbocycles. The molecule has 0 saturated heterocycles. The number of halogens is 2. The van der Waals surface area contributed by atoms with E-state index in [9.17, 15) is 26.8 Å². The maximum atomic E-state index is 12.9. The zero-order valence-corrected chi connectivity index (χ0v) is 18.6. The van der Waals surface area contributed by atoms with Gasteiger partial charge in [0.2, 0.25) is 0 Å². The summed E-state index contributed by atoms with van der Waals surface area (Å²) in [6, 6.07) is 12.8. The molecule has 1 amide bonds. The van der Waals surface area contributed by atoms with Gasteiger partial charge in [0.25, 0.3) is 27.2 Å². The van der Waals surface area contributed by atoms with E-state index in [1.807, 2.05) is 0 Å². The largest absolute Gasteiger partial charge is 0.326 e. The molecule has 0 fully saturated rings. The first-order valence-electron chi connectivity index (χ1n) is 9.25. The second kappa shape index (κ2) is 9.53. The first-order valence-corrected chi connectivity index (χ1v) is 11.6. The number of hydrogen-bond acceptors (Lipinski definition) is 5. The molecule has 0 radical (unpaired) electrons. The van der Waals surface area contributed by atoms with E-state index in [-0.39, 0.29) is 21.8 Å². The SMILES string of the molecule is Cc1ccc(C(=O)Nc2ccc(C)c(S(=O)(=O)Nc3ccc(SC(F)F)cc3)c2)c(=O)[nH]1. The number of aromatic amines is 1. The van der Waals surface area contributed by atoms with Crippen LogP contribution in [0.2, 0.25) is 0 Å². The van der Waals surface area contributed by atoms with Gasteiger partial charge < -0.3 is 10.3 Å². The van der Waals surface area contributed by atoms with Crippen LogP contribution >= 0.6 is 11.8 Å². The molecular formula is C21H19F2N3O4S2. The summed E-state index contributed by atoms with van der Waals surface area (Å²) in [7, 11) is -4.04. The third-order valence-corrected chi connectivity index (χ3v) is 6.61. The van der Waals surface area contributed by atoms with E-state index in [1.54, 1.807) is 19.9 Å². The van der Waals surface area contributed by atoms with Crippen LogP contribution in [0.25, 0.3) is 0 Å². The van der Waals surface area contributed by atoms with Crippen LogP contribution in [0.5, 0.6) is 0 Å². The molecule has 0 aliphatic rings. The lowest BCUT2D eigenvalue weighted by Gasteiger charge is -2.13. The number of aromatic nitrogens is 1. The molecule has 1 heterocycles. The number of H-pyrrole nitrogens is 1. The number of carbonyl (C=O) groups excluding carboxylic acids is 1. The van der Waals surface area contributed by atoms with Crippen molar-refractivity contribution >= 4 is 39.1 Å². The zero-order chi connectivity index (χ0) is 23.5.